The van der Waals surface area contributed by atoms with E-state index in [2.05, 4.69) is 10.3 Å². The summed E-state index contributed by atoms with van der Waals surface area (Å²) in [7, 11) is -3.22. The number of hydrogen-bond acceptors (Lipinski definition) is 9. The molecule has 1 saturated heterocycles. The van der Waals surface area contributed by atoms with Crippen molar-refractivity contribution in [3.63, 3.8) is 0 Å². The van der Waals surface area contributed by atoms with Crippen molar-refractivity contribution < 1.29 is 64.1 Å². The minimum atomic E-state index is -5.15. The number of hydrogen-bond donors (Lipinski definition) is 3. The molecule has 1 aromatic heterocycles. The molecule has 20 heteroatoms. The second kappa shape index (κ2) is 15.7. The van der Waals surface area contributed by atoms with Gasteiger partial charge in [-0.05, 0) is 87.8 Å². The summed E-state index contributed by atoms with van der Waals surface area (Å²) in [5, 5.41) is 13.7. The predicted octanol–water partition coefficient (Wildman–Crippen LogP) is 5.26. The monoisotopic (exact) mass is 857 g/mol. The van der Waals surface area contributed by atoms with Gasteiger partial charge in [0.1, 0.15) is 46.5 Å². The first-order valence-corrected chi connectivity index (χ1v) is 20.8. The van der Waals surface area contributed by atoms with E-state index in [9.17, 15) is 54.7 Å². The molecule has 3 fully saturated rings. The number of sulfonamides is 1. The number of carboxylic acid groups (broad SMARTS) is 1. The van der Waals surface area contributed by atoms with Crippen LogP contribution in [0.5, 0.6) is 11.8 Å². The fourth-order valence-electron chi connectivity index (χ4n) is 8.26. The van der Waals surface area contributed by atoms with E-state index in [1.165, 1.54) is 32.2 Å². The van der Waals surface area contributed by atoms with Crippen molar-refractivity contribution in [2.75, 3.05) is 20.3 Å². The Labute approximate surface area is 337 Å². The van der Waals surface area contributed by atoms with Gasteiger partial charge in [0.05, 0.1) is 13.7 Å². The highest BCUT2D eigenvalue weighted by molar-refractivity contribution is 7.91. The number of alkyl halides is 4. The molecule has 3 N–H and O–H groups in total. The van der Waals surface area contributed by atoms with E-state index in [4.69, 9.17) is 9.47 Å². The van der Waals surface area contributed by atoms with Crippen molar-refractivity contribution in [1.82, 2.24) is 24.8 Å². The Hall–Kier alpha value is -4.75. The zero-order chi connectivity index (χ0) is 43.5. The zero-order valence-electron chi connectivity index (χ0n) is 33.1. The van der Waals surface area contributed by atoms with Crippen molar-refractivity contribution in [3.05, 3.63) is 42.2 Å². The van der Waals surface area contributed by atoms with E-state index >= 15 is 0 Å². The van der Waals surface area contributed by atoms with Crippen LogP contribution < -0.4 is 19.5 Å². The quantitative estimate of drug-likeness (QED) is 0.222. The van der Waals surface area contributed by atoms with Crippen LogP contribution in [-0.2, 0) is 24.4 Å². The maximum Gasteiger partial charge on any atom is 0.411 e. The summed E-state index contributed by atoms with van der Waals surface area (Å²) in [6.45, 7) is 2.85. The number of carbonyl (C=O) groups excluding carboxylic acids is 3. The van der Waals surface area contributed by atoms with Crippen LogP contribution in [0.4, 0.5) is 26.7 Å². The Morgan fingerprint density at radius 1 is 1.14 bits per heavy atom. The Bertz CT molecular complexity index is 2150. The number of aromatic nitrogens is 1. The van der Waals surface area contributed by atoms with Gasteiger partial charge in [-0.3, -0.25) is 24.0 Å². The number of pyridine rings is 1. The number of methoxy groups -OCH3 is 1. The molecule has 4 aliphatic rings. The van der Waals surface area contributed by atoms with Gasteiger partial charge in [-0.2, -0.15) is 18.2 Å². The number of halogens is 5. The second-order valence-corrected chi connectivity index (χ2v) is 18.9. The molecule has 59 heavy (non-hydrogen) atoms. The molecule has 324 valence electrons. The fraction of sp³-hybridized carbons (Fsp3) is 0.615. The normalized spacial score (nSPS) is 28.7. The van der Waals surface area contributed by atoms with Crippen LogP contribution in [0.15, 0.2) is 36.4 Å². The van der Waals surface area contributed by atoms with Crippen molar-refractivity contribution in [1.29, 1.82) is 0 Å². The van der Waals surface area contributed by atoms with E-state index in [1.807, 2.05) is 4.72 Å². The summed E-state index contributed by atoms with van der Waals surface area (Å²) in [5.74, 6) is -5.93. The summed E-state index contributed by atoms with van der Waals surface area (Å²) in [6.07, 6.45) is -4.45. The summed E-state index contributed by atoms with van der Waals surface area (Å²) in [6, 6.07) is 1.59. The van der Waals surface area contributed by atoms with Crippen LogP contribution >= 0.6 is 0 Å². The van der Waals surface area contributed by atoms with E-state index in [-0.39, 0.29) is 54.7 Å². The largest absolute Gasteiger partial charge is 0.481 e. The van der Waals surface area contributed by atoms with Gasteiger partial charge in [-0.1, -0.05) is 26.0 Å². The molecule has 0 bridgehead atoms. The Kier molecular flexibility index (Phi) is 11.7. The Morgan fingerprint density at radius 2 is 1.83 bits per heavy atom. The van der Waals surface area contributed by atoms with Gasteiger partial charge < -0.3 is 24.8 Å². The highest BCUT2D eigenvalue weighted by Gasteiger charge is 2.64. The van der Waals surface area contributed by atoms with Gasteiger partial charge in [-0.25, -0.2) is 22.0 Å². The number of rotatable bonds is 9. The van der Waals surface area contributed by atoms with Gasteiger partial charge in [0.2, 0.25) is 33.6 Å². The van der Waals surface area contributed by atoms with Crippen LogP contribution in [0.25, 0.3) is 10.8 Å². The smallest absolute Gasteiger partial charge is 0.411 e. The Balaban J connectivity index is 1.44. The SMILES string of the molecule is COc1cc2cc(F)ccc2c(O[C@@H]2C[C@H]3C(=O)N[C@]4(C(=O)NS(=O)(=O)C5(CF)CC5)C[C@H]4C=CCC[C@H](C)C[C@@H](C)[C@H](N(C(=O)O)C(C)(C)C(F)(F)F)C(=O)N3C2)n1. The number of allylic oxidation sites excluding steroid dienone is 1. The van der Waals surface area contributed by atoms with Gasteiger partial charge in [0, 0.05) is 23.8 Å². The number of nitrogens with one attached hydrogen (secondary N) is 2. The number of benzene rings is 1. The number of nitrogens with zero attached hydrogens (tertiary/aromatic N) is 3. The van der Waals surface area contributed by atoms with Crippen LogP contribution in [-0.4, -0.2) is 113 Å². The maximum absolute atomic E-state index is 15.0. The predicted molar refractivity (Wildman–Crippen MR) is 202 cm³/mol. The molecular weight excluding hydrogens is 810 g/mol. The van der Waals surface area contributed by atoms with Crippen molar-refractivity contribution >= 4 is 44.6 Å². The topological polar surface area (TPSA) is 185 Å². The van der Waals surface area contributed by atoms with Crippen LogP contribution in [0.2, 0.25) is 0 Å². The molecule has 2 aromatic rings. The zero-order valence-corrected chi connectivity index (χ0v) is 34.0. The second-order valence-electron chi connectivity index (χ2n) is 16.8. The molecule has 14 nitrogen and oxygen atoms in total. The van der Waals surface area contributed by atoms with E-state index in [0.29, 0.717) is 37.5 Å². The molecule has 3 heterocycles. The van der Waals surface area contributed by atoms with Crippen LogP contribution in [0.1, 0.15) is 72.6 Å². The molecule has 0 radical (unpaired) electrons. The number of fused-ring (bicyclic) bond motifs is 3. The fourth-order valence-corrected chi connectivity index (χ4v) is 9.69. The van der Waals surface area contributed by atoms with E-state index in [0.717, 1.165) is 11.0 Å². The average molecular weight is 858 g/mol. The molecule has 0 unspecified atom stereocenters. The molecule has 2 aliphatic carbocycles. The average Bonchev–Trinajstić information content (AvgIpc) is 4.05. The number of amides is 4. The molecule has 2 saturated carbocycles. The van der Waals surface area contributed by atoms with Crippen molar-refractivity contribution in [2.45, 2.75) is 113 Å². The first kappa shape index (κ1) is 43.8. The van der Waals surface area contributed by atoms with Crippen molar-refractivity contribution in [3.8, 4) is 11.8 Å². The highest BCUT2D eigenvalue weighted by atomic mass is 32.2. The van der Waals surface area contributed by atoms with Gasteiger partial charge in [0.25, 0.3) is 5.91 Å². The summed E-state index contributed by atoms with van der Waals surface area (Å²) < 4.78 is 110. The lowest BCUT2D eigenvalue weighted by atomic mass is 9.85. The highest BCUT2D eigenvalue weighted by Crippen LogP contribution is 2.48. The minimum absolute atomic E-state index is 0.0159. The lowest BCUT2D eigenvalue weighted by Crippen LogP contribution is -2.66. The molecule has 2 aliphatic heterocycles. The van der Waals surface area contributed by atoms with E-state index < -0.39 is 105 Å². The lowest BCUT2D eigenvalue weighted by Gasteiger charge is -2.45. The molecule has 0 spiro atoms. The maximum atomic E-state index is 15.0. The molecule has 6 rings (SSSR count). The standard InChI is InChI=1S/C39H48F5N5O9S/c1-21-8-6-7-9-24-18-38(24,34(52)47-59(55,56)37(20-40)12-13-37)46-31(50)28-17-26(58-32-27-11-10-25(41)15-23(27)16-29(45-32)57-5)19-48(28)33(51)30(22(2)14-21)49(35(53)54)36(3,4)39(42,43)44/h7,9-11,15-16,21-22,24,26,28,30H,6,8,12-14,17-20H2,1-5H3,(H,46,50)(H,47,52)(H,53,54)/t21-,22+,24+,26+,28-,30-,38+/m0/s1. The van der Waals surface area contributed by atoms with Crippen LogP contribution in [0, 0.1) is 23.6 Å². The van der Waals surface area contributed by atoms with Gasteiger partial charge in [0.15, 0.2) is 0 Å². The minimum Gasteiger partial charge on any atom is -0.481 e. The van der Waals surface area contributed by atoms with Crippen molar-refractivity contribution in [2.24, 2.45) is 17.8 Å². The first-order valence-electron chi connectivity index (χ1n) is 19.3. The third-order valence-corrected chi connectivity index (χ3v) is 14.3. The molecule has 1 aromatic carbocycles. The molecule has 7 atom stereocenters. The summed E-state index contributed by atoms with van der Waals surface area (Å²) in [5.41, 5.74) is -4.97. The first-order chi connectivity index (χ1) is 27.5. The summed E-state index contributed by atoms with van der Waals surface area (Å²) >= 11 is 0. The lowest BCUT2D eigenvalue weighted by molar-refractivity contribution is -0.222. The van der Waals surface area contributed by atoms with Gasteiger partial charge in [-0.15, -0.1) is 0 Å². The number of ether oxygens (including phenoxy) is 2. The third-order valence-electron chi connectivity index (χ3n) is 12.2. The van der Waals surface area contributed by atoms with E-state index in [1.54, 1.807) is 19.1 Å². The third kappa shape index (κ3) is 8.24. The Morgan fingerprint density at radius 3 is 2.44 bits per heavy atom. The van der Waals surface area contributed by atoms with Crippen LogP contribution in [0.3, 0.4) is 0 Å². The number of carbonyl (C=O) groups is 4. The molecule has 4 amide bonds. The molecular formula is C39H48F5N5O9S. The summed E-state index contributed by atoms with van der Waals surface area (Å²) in [4.78, 5) is 61.7. The van der Waals surface area contributed by atoms with Gasteiger partial charge >= 0.3 is 12.3 Å².